The number of thiazole rings is 1. The van der Waals surface area contributed by atoms with E-state index >= 15 is 0 Å². The van der Waals surface area contributed by atoms with E-state index in [0.717, 1.165) is 38.8 Å². The van der Waals surface area contributed by atoms with Crippen molar-refractivity contribution in [3.63, 3.8) is 0 Å². The maximum Gasteiger partial charge on any atom is 0.508 e. The summed E-state index contributed by atoms with van der Waals surface area (Å²) in [4.78, 5) is 11.8. The third kappa shape index (κ3) is 15.0. The number of aryl methyl sites for hydroxylation is 1. The van der Waals surface area contributed by atoms with Crippen LogP contribution in [-0.4, -0.2) is 32.1 Å². The predicted molar refractivity (Wildman–Crippen MR) is 139 cm³/mol. The van der Waals surface area contributed by atoms with Crippen LogP contribution < -0.4 is 4.57 Å². The van der Waals surface area contributed by atoms with E-state index < -0.39 is 6.16 Å². The molecule has 1 aliphatic heterocycles. The van der Waals surface area contributed by atoms with Crippen molar-refractivity contribution in [2.45, 2.75) is 129 Å². The Kier molecular flexibility index (Phi) is 17.2. The fourth-order valence-electron chi connectivity index (χ4n) is 4.69. The Morgan fingerprint density at radius 2 is 1.59 bits per heavy atom. The van der Waals surface area contributed by atoms with Crippen molar-refractivity contribution in [3.8, 4) is 0 Å². The summed E-state index contributed by atoms with van der Waals surface area (Å²) in [5, 5.41) is 2.08. The van der Waals surface area contributed by atoms with Crippen molar-refractivity contribution in [1.82, 2.24) is 0 Å². The van der Waals surface area contributed by atoms with Crippen LogP contribution in [0.15, 0.2) is 17.1 Å². The third-order valence-corrected chi connectivity index (χ3v) is 7.50. The van der Waals surface area contributed by atoms with Gasteiger partial charge in [-0.15, -0.1) is 0 Å². The fourth-order valence-corrected chi connectivity index (χ4v) is 5.32. The second-order valence-electron chi connectivity index (χ2n) is 9.97. The van der Waals surface area contributed by atoms with Crippen LogP contribution in [0.4, 0.5) is 4.79 Å². The first-order chi connectivity index (χ1) is 16.8. The van der Waals surface area contributed by atoms with Gasteiger partial charge in [0.15, 0.2) is 6.20 Å². The van der Waals surface area contributed by atoms with Crippen LogP contribution in [0, 0.1) is 5.92 Å². The number of ether oxygens (including phenoxy) is 3. The highest BCUT2D eigenvalue weighted by atomic mass is 32.1. The van der Waals surface area contributed by atoms with Crippen LogP contribution in [0.2, 0.25) is 0 Å². The van der Waals surface area contributed by atoms with E-state index in [1.165, 1.54) is 83.5 Å². The summed E-state index contributed by atoms with van der Waals surface area (Å²) >= 11 is 1.70. The molecular formula is C28H50NO4S+. The van der Waals surface area contributed by atoms with E-state index in [2.05, 4.69) is 28.6 Å². The van der Waals surface area contributed by atoms with Crippen molar-refractivity contribution in [3.05, 3.63) is 17.1 Å². The summed E-state index contributed by atoms with van der Waals surface area (Å²) in [6.07, 6.45) is 23.5. The maximum absolute atomic E-state index is 11.8. The van der Waals surface area contributed by atoms with E-state index in [1.807, 2.05) is 0 Å². The Balaban J connectivity index is 1.32. The first-order valence-electron chi connectivity index (χ1n) is 14.1. The van der Waals surface area contributed by atoms with E-state index in [1.54, 1.807) is 11.3 Å². The second-order valence-corrected chi connectivity index (χ2v) is 10.7. The summed E-state index contributed by atoms with van der Waals surface area (Å²) in [5.74, 6) is 0.619. The lowest BCUT2D eigenvalue weighted by molar-refractivity contribution is -0.692. The van der Waals surface area contributed by atoms with E-state index in [9.17, 15) is 4.79 Å². The molecule has 1 aliphatic rings. The Morgan fingerprint density at radius 3 is 2.26 bits per heavy atom. The lowest BCUT2D eigenvalue weighted by Gasteiger charge is -2.11. The van der Waals surface area contributed by atoms with Crippen molar-refractivity contribution in [2.24, 2.45) is 5.92 Å². The molecule has 6 heteroatoms. The van der Waals surface area contributed by atoms with Crippen molar-refractivity contribution in [2.75, 3.05) is 19.8 Å². The molecule has 1 aromatic heterocycles. The minimum Gasteiger partial charge on any atom is -0.434 e. The smallest absolute Gasteiger partial charge is 0.434 e. The molecule has 0 saturated carbocycles. The van der Waals surface area contributed by atoms with Crippen LogP contribution in [0.5, 0.6) is 0 Å². The molecule has 2 unspecified atom stereocenters. The number of carbonyl (C=O) groups is 1. The molecule has 1 fully saturated rings. The minimum absolute atomic E-state index is 0.0394. The van der Waals surface area contributed by atoms with Gasteiger partial charge in [0.05, 0.1) is 24.7 Å². The molecule has 0 aliphatic carbocycles. The highest BCUT2D eigenvalue weighted by molar-refractivity contribution is 7.07. The number of aromatic nitrogens is 1. The minimum atomic E-state index is -0.555. The maximum atomic E-state index is 11.8. The highest BCUT2D eigenvalue weighted by Gasteiger charge is 2.26. The number of carbonyl (C=O) groups excluding carboxylic acids is 1. The molecule has 1 saturated heterocycles. The van der Waals surface area contributed by atoms with Crippen LogP contribution in [0.3, 0.4) is 0 Å². The van der Waals surface area contributed by atoms with E-state index in [0.29, 0.717) is 19.1 Å². The largest absolute Gasteiger partial charge is 0.508 e. The average Bonchev–Trinajstić information content (AvgIpc) is 3.53. The quantitative estimate of drug-likeness (QED) is 0.0987. The van der Waals surface area contributed by atoms with Crippen molar-refractivity contribution >= 4 is 17.5 Å². The second kappa shape index (κ2) is 20.1. The molecule has 0 N–H and O–H groups in total. The molecule has 1 aromatic rings. The van der Waals surface area contributed by atoms with Gasteiger partial charge in [0.25, 0.3) is 0 Å². The Labute approximate surface area is 212 Å². The molecule has 196 valence electrons. The molecule has 0 amide bonds. The molecule has 2 atom stereocenters. The van der Waals surface area contributed by atoms with Gasteiger partial charge in [0, 0.05) is 6.42 Å². The fraction of sp³-hybridized carbons (Fsp3) is 0.857. The summed E-state index contributed by atoms with van der Waals surface area (Å²) in [6.45, 7) is 4.86. The molecule has 0 bridgehead atoms. The first kappa shape index (κ1) is 29.1. The molecule has 5 nitrogen and oxygen atoms in total. The zero-order valence-corrected chi connectivity index (χ0v) is 22.5. The molecule has 0 radical (unpaired) electrons. The lowest BCUT2D eigenvalue weighted by Crippen LogP contribution is -2.29. The van der Waals surface area contributed by atoms with Gasteiger partial charge < -0.3 is 14.2 Å². The van der Waals surface area contributed by atoms with E-state index in [-0.39, 0.29) is 6.10 Å². The topological polar surface area (TPSA) is 48.6 Å². The van der Waals surface area contributed by atoms with Crippen LogP contribution >= 0.6 is 11.3 Å². The summed E-state index contributed by atoms with van der Waals surface area (Å²) in [5.41, 5.74) is 2.11. The van der Waals surface area contributed by atoms with E-state index in [4.69, 9.17) is 14.2 Å². The Hall–Kier alpha value is -1.14. The average molecular weight is 497 g/mol. The Morgan fingerprint density at radius 1 is 0.912 bits per heavy atom. The molecule has 0 aromatic carbocycles. The molecular weight excluding hydrogens is 446 g/mol. The zero-order valence-electron chi connectivity index (χ0n) is 21.7. The highest BCUT2D eigenvalue weighted by Crippen LogP contribution is 2.25. The van der Waals surface area contributed by atoms with Gasteiger partial charge >= 0.3 is 6.16 Å². The van der Waals surface area contributed by atoms with Crippen LogP contribution in [0.1, 0.15) is 116 Å². The first-order valence-corrected chi connectivity index (χ1v) is 15.0. The van der Waals surface area contributed by atoms with Gasteiger partial charge in [0.1, 0.15) is 13.2 Å². The van der Waals surface area contributed by atoms with Crippen LogP contribution in [-0.2, 0) is 20.8 Å². The predicted octanol–water partition coefficient (Wildman–Crippen LogP) is 7.86. The van der Waals surface area contributed by atoms with Gasteiger partial charge in [-0.2, -0.15) is 4.57 Å². The summed E-state index contributed by atoms with van der Waals surface area (Å²) in [7, 11) is 0. The number of hydrogen-bond donors (Lipinski definition) is 0. The normalized spacial score (nSPS) is 17.8. The SMILES string of the molecule is CCCCCCCCCCCCCCC1COC(COC(=O)OCCCCC[n+]2ccsc2)C1. The number of hydrogen-bond acceptors (Lipinski definition) is 5. The number of unbranched alkanes of at least 4 members (excludes halogenated alkanes) is 13. The number of rotatable bonds is 21. The zero-order chi connectivity index (χ0) is 24.1. The van der Waals surface area contributed by atoms with Gasteiger partial charge in [-0.25, -0.2) is 4.79 Å². The van der Waals surface area contributed by atoms with Gasteiger partial charge in [-0.3, -0.25) is 0 Å². The molecule has 0 spiro atoms. The lowest BCUT2D eigenvalue weighted by atomic mass is 9.97. The molecule has 2 rings (SSSR count). The summed E-state index contributed by atoms with van der Waals surface area (Å²) in [6, 6.07) is 0. The van der Waals surface area contributed by atoms with Crippen molar-refractivity contribution in [1.29, 1.82) is 0 Å². The summed E-state index contributed by atoms with van der Waals surface area (Å²) < 4.78 is 18.5. The van der Waals surface area contributed by atoms with Gasteiger partial charge in [-0.05, 0) is 31.6 Å². The Bertz CT molecular complexity index is 595. The van der Waals surface area contributed by atoms with Gasteiger partial charge in [0.2, 0.25) is 5.51 Å². The standard InChI is InChI=1S/C28H50NO4S/c1-2-3-4-5-6-7-8-9-10-11-12-14-17-26-22-27(32-23-26)24-33-28(30)31-20-16-13-15-18-29-19-21-34-25-29/h19,21,25-27H,2-18,20,22-24H2,1H3/q+1. The molecule has 2 heterocycles. The van der Waals surface area contributed by atoms with Crippen molar-refractivity contribution < 1.29 is 23.6 Å². The van der Waals surface area contributed by atoms with Crippen LogP contribution in [0.25, 0.3) is 0 Å². The molecule has 34 heavy (non-hydrogen) atoms. The monoisotopic (exact) mass is 496 g/mol. The van der Waals surface area contributed by atoms with Gasteiger partial charge in [-0.1, -0.05) is 95.3 Å². The number of nitrogens with zero attached hydrogens (tertiary/aromatic N) is 1. The third-order valence-electron chi connectivity index (χ3n) is 6.82.